The maximum absolute atomic E-state index is 12.3. The molecule has 0 aliphatic carbocycles. The molecule has 0 saturated carbocycles. The minimum atomic E-state index is -0.530. The van der Waals surface area contributed by atoms with Crippen LogP contribution < -0.4 is 0 Å². The average molecular weight is 312 g/mol. The fourth-order valence-electron chi connectivity index (χ4n) is 1.64. The largest absolute Gasteiger partial charge is 0.207 e. The van der Waals surface area contributed by atoms with E-state index in [1.165, 1.54) is 23.3 Å². The molecular weight excluding hydrogens is 290 g/mol. The second-order valence-corrected chi connectivity index (χ2v) is 5.20. The summed E-state index contributed by atoms with van der Waals surface area (Å²) in [7, 11) is 0. The van der Waals surface area contributed by atoms with Gasteiger partial charge in [-0.3, -0.25) is 0 Å². The zero-order valence-electron chi connectivity index (χ0n) is 13.8. The smallest absolute Gasteiger partial charge is 0.129 e. The Bertz CT molecular complexity index is 639. The Balaban J connectivity index is 0.000000175. The lowest BCUT2D eigenvalue weighted by Crippen LogP contribution is -1.81. The van der Waals surface area contributed by atoms with Crippen LogP contribution in [0.5, 0.6) is 0 Å². The van der Waals surface area contributed by atoms with Gasteiger partial charge in [-0.25, -0.2) is 8.78 Å². The first-order valence-corrected chi connectivity index (χ1v) is 7.44. The average Bonchev–Trinajstić information content (AvgIpc) is 2.54. The van der Waals surface area contributed by atoms with Crippen molar-refractivity contribution in [2.24, 2.45) is 0 Å². The summed E-state index contributed by atoms with van der Waals surface area (Å²) in [4.78, 5) is 0. The second kappa shape index (κ2) is 10.3. The Labute approximate surface area is 137 Å². The number of hydrogen-bond donors (Lipinski definition) is 0. The van der Waals surface area contributed by atoms with E-state index in [1.54, 1.807) is 6.92 Å². The Hall–Kier alpha value is -2.48. The highest BCUT2D eigenvalue weighted by molar-refractivity contribution is 5.16. The van der Waals surface area contributed by atoms with Crippen LogP contribution in [0.15, 0.2) is 78.9 Å². The van der Waals surface area contributed by atoms with E-state index in [0.717, 1.165) is 6.07 Å². The highest BCUT2D eigenvalue weighted by Gasteiger charge is 1.95. The Kier molecular flexibility index (Phi) is 8.30. The molecule has 23 heavy (non-hydrogen) atoms. The van der Waals surface area contributed by atoms with E-state index in [-0.39, 0.29) is 0 Å². The topological polar surface area (TPSA) is 0 Å². The van der Waals surface area contributed by atoms with Crippen LogP contribution in [0.3, 0.4) is 0 Å². The van der Waals surface area contributed by atoms with Crippen molar-refractivity contribution >= 4 is 0 Å². The molecule has 0 radical (unpaired) electrons. The van der Waals surface area contributed by atoms with Crippen molar-refractivity contribution in [1.29, 1.82) is 0 Å². The van der Waals surface area contributed by atoms with Crippen molar-refractivity contribution < 1.29 is 8.78 Å². The summed E-state index contributed by atoms with van der Waals surface area (Å²) < 4.78 is 24.4. The van der Waals surface area contributed by atoms with E-state index in [0.29, 0.717) is 5.56 Å². The highest BCUT2D eigenvalue weighted by Crippen LogP contribution is 2.06. The number of rotatable bonds is 0. The quantitative estimate of drug-likeness (QED) is 0.459. The van der Waals surface area contributed by atoms with E-state index in [4.69, 9.17) is 0 Å². The summed E-state index contributed by atoms with van der Waals surface area (Å²) >= 11 is 0. The van der Waals surface area contributed by atoms with E-state index in [1.807, 2.05) is 36.4 Å². The molecule has 0 amide bonds. The van der Waals surface area contributed by atoms with Gasteiger partial charge in [0.15, 0.2) is 0 Å². The number of hydrogen-bond acceptors (Lipinski definition) is 0. The third-order valence-corrected chi connectivity index (χ3v) is 3.01. The molecule has 3 rings (SSSR count). The SMILES string of the molecule is Cc1ccc(F)cc1F.Cc1ccccc1.Cc1ccccc1. The van der Waals surface area contributed by atoms with Gasteiger partial charge in [-0.1, -0.05) is 77.9 Å². The van der Waals surface area contributed by atoms with Crippen LogP contribution in [0.25, 0.3) is 0 Å². The lowest BCUT2D eigenvalue weighted by molar-refractivity contribution is 0.577. The molecule has 0 nitrogen and oxygen atoms in total. The molecule has 0 atom stereocenters. The van der Waals surface area contributed by atoms with Crippen molar-refractivity contribution in [1.82, 2.24) is 0 Å². The zero-order valence-corrected chi connectivity index (χ0v) is 13.8. The van der Waals surface area contributed by atoms with Crippen molar-refractivity contribution in [3.63, 3.8) is 0 Å². The lowest BCUT2D eigenvalue weighted by atomic mass is 10.2. The van der Waals surface area contributed by atoms with Crippen molar-refractivity contribution in [3.8, 4) is 0 Å². The summed E-state index contributed by atoms with van der Waals surface area (Å²) in [5.41, 5.74) is 3.11. The fourth-order valence-corrected chi connectivity index (χ4v) is 1.64. The van der Waals surface area contributed by atoms with Crippen molar-refractivity contribution in [2.45, 2.75) is 20.8 Å². The van der Waals surface area contributed by atoms with Gasteiger partial charge in [-0.2, -0.15) is 0 Å². The third kappa shape index (κ3) is 8.52. The first-order valence-electron chi connectivity index (χ1n) is 7.44. The monoisotopic (exact) mass is 312 g/mol. The summed E-state index contributed by atoms with van der Waals surface area (Å²) in [6, 6.07) is 24.0. The predicted molar refractivity (Wildman–Crippen MR) is 93.5 cm³/mol. The van der Waals surface area contributed by atoms with E-state index < -0.39 is 11.6 Å². The first-order chi connectivity index (χ1) is 11.0. The summed E-state index contributed by atoms with van der Waals surface area (Å²) in [5, 5.41) is 0. The summed E-state index contributed by atoms with van der Waals surface area (Å²) in [5.74, 6) is -1.02. The maximum atomic E-state index is 12.3. The summed E-state index contributed by atoms with van der Waals surface area (Å²) in [6.07, 6.45) is 0. The van der Waals surface area contributed by atoms with Crippen molar-refractivity contribution in [2.75, 3.05) is 0 Å². The normalized spacial score (nSPS) is 9.09. The van der Waals surface area contributed by atoms with Crippen LogP contribution >= 0.6 is 0 Å². The molecule has 0 unspecified atom stereocenters. The Morgan fingerprint density at radius 3 is 1.26 bits per heavy atom. The van der Waals surface area contributed by atoms with Gasteiger partial charge >= 0.3 is 0 Å². The van der Waals surface area contributed by atoms with Gasteiger partial charge in [0.25, 0.3) is 0 Å². The zero-order chi connectivity index (χ0) is 17.1. The molecule has 0 fully saturated rings. The molecule has 0 aliphatic rings. The van der Waals surface area contributed by atoms with Crippen molar-refractivity contribution in [3.05, 3.63) is 107 Å². The molecule has 120 valence electrons. The van der Waals surface area contributed by atoms with Gasteiger partial charge in [-0.05, 0) is 32.4 Å². The summed E-state index contributed by atoms with van der Waals surface area (Å²) in [6.45, 7) is 5.76. The van der Waals surface area contributed by atoms with Gasteiger partial charge in [-0.15, -0.1) is 0 Å². The molecule has 0 aliphatic heterocycles. The minimum Gasteiger partial charge on any atom is -0.207 e. The van der Waals surface area contributed by atoms with Crippen LogP contribution in [-0.2, 0) is 0 Å². The standard InChI is InChI=1S/C7H6F2.2C7H8/c1-5-2-3-6(8)4-7(5)9;2*1-7-5-3-2-4-6-7/h2-4H,1H3;2*2-6H,1H3. The number of aryl methyl sites for hydroxylation is 3. The molecule has 3 aromatic rings. The van der Waals surface area contributed by atoms with Crippen LogP contribution in [0.1, 0.15) is 16.7 Å². The molecule has 0 spiro atoms. The molecule has 0 N–H and O–H groups in total. The van der Waals surface area contributed by atoms with Crippen LogP contribution in [-0.4, -0.2) is 0 Å². The molecule has 0 aromatic heterocycles. The maximum Gasteiger partial charge on any atom is 0.129 e. The molecule has 2 heteroatoms. The molecule has 0 bridgehead atoms. The molecule has 3 aromatic carbocycles. The number of benzene rings is 3. The highest BCUT2D eigenvalue weighted by atomic mass is 19.1. The van der Waals surface area contributed by atoms with Crippen LogP contribution in [0.2, 0.25) is 0 Å². The van der Waals surface area contributed by atoms with E-state index in [2.05, 4.69) is 38.1 Å². The fraction of sp³-hybridized carbons (Fsp3) is 0.143. The minimum absolute atomic E-state index is 0.469. The second-order valence-electron chi connectivity index (χ2n) is 5.20. The van der Waals surface area contributed by atoms with Gasteiger partial charge in [0.2, 0.25) is 0 Å². The molecule has 0 heterocycles. The third-order valence-electron chi connectivity index (χ3n) is 3.01. The van der Waals surface area contributed by atoms with Crippen LogP contribution in [0.4, 0.5) is 8.78 Å². The predicted octanol–water partition coefficient (Wildman–Crippen LogP) is 6.26. The molecular formula is C21H22F2. The van der Waals surface area contributed by atoms with Gasteiger partial charge in [0.05, 0.1) is 0 Å². The first kappa shape index (κ1) is 18.6. The van der Waals surface area contributed by atoms with E-state index in [9.17, 15) is 8.78 Å². The van der Waals surface area contributed by atoms with Gasteiger partial charge in [0, 0.05) is 6.07 Å². The number of halogens is 2. The molecule has 0 saturated heterocycles. The van der Waals surface area contributed by atoms with Gasteiger partial charge < -0.3 is 0 Å². The van der Waals surface area contributed by atoms with Gasteiger partial charge in [0.1, 0.15) is 11.6 Å². The lowest BCUT2D eigenvalue weighted by Gasteiger charge is -1.92. The Morgan fingerprint density at radius 1 is 0.565 bits per heavy atom. The van der Waals surface area contributed by atoms with Crippen LogP contribution in [0, 0.1) is 32.4 Å². The Morgan fingerprint density at radius 2 is 1.00 bits per heavy atom. The van der Waals surface area contributed by atoms with E-state index >= 15 is 0 Å².